The van der Waals surface area contributed by atoms with Crippen molar-refractivity contribution in [2.75, 3.05) is 13.1 Å². The predicted molar refractivity (Wildman–Crippen MR) is 114 cm³/mol. The summed E-state index contributed by atoms with van der Waals surface area (Å²) in [7, 11) is 0. The molecule has 2 rings (SSSR count). The van der Waals surface area contributed by atoms with Gasteiger partial charge in [0.25, 0.3) is 0 Å². The van der Waals surface area contributed by atoms with E-state index in [0.29, 0.717) is 6.54 Å². The van der Waals surface area contributed by atoms with Crippen molar-refractivity contribution >= 4 is 18.3 Å². The molecule has 1 fully saturated rings. The third-order valence-corrected chi connectivity index (χ3v) is 5.24. The van der Waals surface area contributed by atoms with Crippen molar-refractivity contribution in [1.82, 2.24) is 15.7 Å². The number of aliphatic carboxylic acids is 1. The van der Waals surface area contributed by atoms with Crippen LogP contribution < -0.4 is 10.8 Å². The molecule has 1 saturated heterocycles. The Kier molecular flexibility index (Phi) is 9.42. The number of rotatable bonds is 11. The second kappa shape index (κ2) is 11.8. The Morgan fingerprint density at radius 3 is 2.61 bits per heavy atom. The van der Waals surface area contributed by atoms with Crippen LogP contribution in [0.25, 0.3) is 0 Å². The van der Waals surface area contributed by atoms with Crippen LogP contribution in [-0.4, -0.2) is 59.8 Å². The van der Waals surface area contributed by atoms with Crippen LogP contribution in [0.4, 0.5) is 4.79 Å². The average Bonchev–Trinajstić information content (AvgIpc) is 3.16. The lowest BCUT2D eigenvalue weighted by molar-refractivity contribution is -0.145. The van der Waals surface area contributed by atoms with E-state index in [1.54, 1.807) is 0 Å². The highest BCUT2D eigenvalue weighted by Crippen LogP contribution is 2.24. The van der Waals surface area contributed by atoms with Gasteiger partial charge in [0.15, 0.2) is 6.23 Å². The third-order valence-electron chi connectivity index (χ3n) is 5.24. The van der Waals surface area contributed by atoms with Crippen LogP contribution in [0.2, 0.25) is 0 Å². The zero-order chi connectivity index (χ0) is 22.9. The molecule has 9 heteroatoms. The molecule has 1 aliphatic heterocycles. The minimum atomic E-state index is -1.12. The number of carbonyl (C=O) groups excluding carboxylic acids is 2. The number of benzene rings is 1. The van der Waals surface area contributed by atoms with Crippen LogP contribution in [0, 0.1) is 5.41 Å². The molecule has 0 saturated carbocycles. The van der Waals surface area contributed by atoms with Gasteiger partial charge in [0.1, 0.15) is 12.9 Å². The Hall–Kier alpha value is -2.49. The SMILES string of the molecule is CC(C)(C)C(CN1CCC[C@@H]1C=O)NO[C@H](CC(=O)O)NC(=O)OCc1ccccc1. The molecule has 0 bridgehead atoms. The minimum absolute atomic E-state index is 0.0621. The van der Waals surface area contributed by atoms with Crippen LogP contribution in [0.1, 0.15) is 45.6 Å². The van der Waals surface area contributed by atoms with Crippen molar-refractivity contribution in [1.29, 1.82) is 0 Å². The fraction of sp³-hybridized carbons (Fsp3) is 0.591. The quantitative estimate of drug-likeness (QED) is 0.275. The van der Waals surface area contributed by atoms with Gasteiger partial charge in [-0.15, -0.1) is 0 Å². The Morgan fingerprint density at radius 1 is 1.29 bits per heavy atom. The molecule has 1 aromatic carbocycles. The van der Waals surface area contributed by atoms with E-state index in [9.17, 15) is 19.5 Å². The minimum Gasteiger partial charge on any atom is -0.481 e. The summed E-state index contributed by atoms with van der Waals surface area (Å²) in [5, 5.41) is 11.6. The first-order valence-corrected chi connectivity index (χ1v) is 10.5. The number of hydroxylamine groups is 1. The molecule has 1 amide bonds. The molecule has 1 unspecified atom stereocenters. The van der Waals surface area contributed by atoms with E-state index in [0.717, 1.165) is 31.2 Å². The molecular formula is C22H33N3O6. The molecule has 3 atom stereocenters. The van der Waals surface area contributed by atoms with Crippen molar-refractivity contribution in [3.8, 4) is 0 Å². The van der Waals surface area contributed by atoms with E-state index in [2.05, 4.69) is 15.7 Å². The van der Waals surface area contributed by atoms with Gasteiger partial charge in [-0.05, 0) is 30.4 Å². The Labute approximate surface area is 183 Å². The lowest BCUT2D eigenvalue weighted by Crippen LogP contribution is -2.53. The maximum Gasteiger partial charge on any atom is 0.409 e. The Morgan fingerprint density at radius 2 is 2.00 bits per heavy atom. The number of carboxylic acid groups (broad SMARTS) is 1. The summed E-state index contributed by atoms with van der Waals surface area (Å²) in [6.45, 7) is 7.51. The van der Waals surface area contributed by atoms with Crippen LogP contribution in [0.5, 0.6) is 0 Å². The highest BCUT2D eigenvalue weighted by atomic mass is 16.7. The predicted octanol–water partition coefficient (Wildman–Crippen LogP) is 2.31. The molecule has 0 radical (unpaired) electrons. The average molecular weight is 436 g/mol. The maximum atomic E-state index is 12.1. The first-order valence-electron chi connectivity index (χ1n) is 10.5. The fourth-order valence-corrected chi connectivity index (χ4v) is 3.30. The van der Waals surface area contributed by atoms with E-state index in [1.807, 2.05) is 51.1 Å². The lowest BCUT2D eigenvalue weighted by Gasteiger charge is -2.36. The first-order chi connectivity index (χ1) is 14.7. The molecule has 1 aromatic rings. The second-order valence-electron chi connectivity index (χ2n) is 8.79. The number of nitrogens with zero attached hydrogens (tertiary/aromatic N) is 1. The Bertz CT molecular complexity index is 722. The van der Waals surface area contributed by atoms with E-state index in [4.69, 9.17) is 9.57 Å². The smallest absolute Gasteiger partial charge is 0.409 e. The normalized spacial score (nSPS) is 18.9. The van der Waals surface area contributed by atoms with Crippen LogP contribution in [0.15, 0.2) is 30.3 Å². The number of likely N-dealkylation sites (tertiary alicyclic amines) is 1. The number of aldehydes is 1. The number of carbonyl (C=O) groups is 3. The summed E-state index contributed by atoms with van der Waals surface area (Å²) in [6.07, 6.45) is 0.418. The van der Waals surface area contributed by atoms with Crippen molar-refractivity contribution < 1.29 is 29.1 Å². The van der Waals surface area contributed by atoms with Gasteiger partial charge in [0.2, 0.25) is 0 Å². The van der Waals surface area contributed by atoms with Gasteiger partial charge in [-0.2, -0.15) is 5.48 Å². The van der Waals surface area contributed by atoms with Gasteiger partial charge in [-0.1, -0.05) is 51.1 Å². The number of nitrogens with one attached hydrogen (secondary N) is 2. The van der Waals surface area contributed by atoms with Crippen LogP contribution in [-0.2, 0) is 25.8 Å². The van der Waals surface area contributed by atoms with Crippen molar-refractivity contribution in [2.45, 2.75) is 65.0 Å². The summed E-state index contributed by atoms with van der Waals surface area (Å²) >= 11 is 0. The zero-order valence-electron chi connectivity index (χ0n) is 18.4. The standard InChI is InChI=1S/C22H33N3O6/c1-22(2,3)18(13-25-11-7-10-17(25)14-26)24-31-19(12-20(27)28)23-21(29)30-15-16-8-5-4-6-9-16/h4-6,8-9,14,17-19,24H,7,10-13,15H2,1-3H3,(H,23,29)(H,27,28)/t17-,18?,19-/m1/s1. The molecule has 0 aliphatic carbocycles. The van der Waals surface area contributed by atoms with Gasteiger partial charge >= 0.3 is 12.1 Å². The number of hydrogen-bond donors (Lipinski definition) is 3. The zero-order valence-corrected chi connectivity index (χ0v) is 18.4. The van der Waals surface area contributed by atoms with Crippen molar-refractivity contribution in [3.63, 3.8) is 0 Å². The maximum absolute atomic E-state index is 12.1. The molecule has 3 N–H and O–H groups in total. The summed E-state index contributed by atoms with van der Waals surface area (Å²) in [6, 6.07) is 8.84. The van der Waals surface area contributed by atoms with Crippen molar-refractivity contribution in [3.05, 3.63) is 35.9 Å². The van der Waals surface area contributed by atoms with E-state index < -0.39 is 24.7 Å². The molecule has 9 nitrogen and oxygen atoms in total. The van der Waals surface area contributed by atoms with Gasteiger partial charge in [-0.3, -0.25) is 19.8 Å². The van der Waals surface area contributed by atoms with Gasteiger partial charge in [-0.25, -0.2) is 4.79 Å². The first kappa shape index (κ1) is 24.8. The molecule has 0 aromatic heterocycles. The molecule has 172 valence electrons. The lowest BCUT2D eigenvalue weighted by atomic mass is 9.87. The van der Waals surface area contributed by atoms with Crippen LogP contribution in [0.3, 0.4) is 0 Å². The van der Waals surface area contributed by atoms with Crippen LogP contribution >= 0.6 is 0 Å². The summed E-state index contributed by atoms with van der Waals surface area (Å²) in [5.74, 6) is -1.12. The Balaban J connectivity index is 1.93. The van der Waals surface area contributed by atoms with Gasteiger partial charge < -0.3 is 14.6 Å². The van der Waals surface area contributed by atoms with Gasteiger partial charge in [0, 0.05) is 12.6 Å². The number of carboxylic acids is 1. The number of amides is 1. The van der Waals surface area contributed by atoms with E-state index >= 15 is 0 Å². The third kappa shape index (κ3) is 8.64. The number of hydrogen-bond acceptors (Lipinski definition) is 7. The monoisotopic (exact) mass is 435 g/mol. The highest BCUT2D eigenvalue weighted by molar-refractivity contribution is 5.70. The molecule has 31 heavy (non-hydrogen) atoms. The summed E-state index contributed by atoms with van der Waals surface area (Å²) in [4.78, 5) is 42.3. The van der Waals surface area contributed by atoms with Crippen molar-refractivity contribution in [2.24, 2.45) is 5.41 Å². The van der Waals surface area contributed by atoms with Gasteiger partial charge in [0.05, 0.1) is 12.5 Å². The topological polar surface area (TPSA) is 117 Å². The molecule has 1 aliphatic rings. The van der Waals surface area contributed by atoms with E-state index in [-0.39, 0.29) is 24.1 Å². The molecule has 0 spiro atoms. The fourth-order valence-electron chi connectivity index (χ4n) is 3.30. The second-order valence-corrected chi connectivity index (χ2v) is 8.79. The van der Waals surface area contributed by atoms with E-state index in [1.165, 1.54) is 0 Å². The summed E-state index contributed by atoms with van der Waals surface area (Å²) in [5.41, 5.74) is 3.50. The molecule has 1 heterocycles. The number of ether oxygens (including phenoxy) is 1. The highest BCUT2D eigenvalue weighted by Gasteiger charge is 2.33. The largest absolute Gasteiger partial charge is 0.481 e. The molecular weight excluding hydrogens is 402 g/mol. The summed E-state index contributed by atoms with van der Waals surface area (Å²) < 4.78 is 5.15. The number of alkyl carbamates (subject to hydrolysis) is 1.